The van der Waals surface area contributed by atoms with Crippen LogP contribution in [0.1, 0.15) is 41.4 Å². The predicted molar refractivity (Wildman–Crippen MR) is 119 cm³/mol. The van der Waals surface area contributed by atoms with Gasteiger partial charge in [-0.2, -0.15) is 0 Å². The molecular formula is C23H24F2N6O3. The summed E-state index contributed by atoms with van der Waals surface area (Å²) in [5.74, 6) is -0.819. The minimum Gasteiger partial charge on any atom is -0.450 e. The molecule has 0 bridgehead atoms. The molecule has 4 rings (SSSR count). The smallest absolute Gasteiger partial charge is 0.410 e. The van der Waals surface area contributed by atoms with Crippen molar-refractivity contribution in [3.8, 4) is 11.5 Å². The zero-order valence-electron chi connectivity index (χ0n) is 18.8. The largest absolute Gasteiger partial charge is 0.450 e. The Morgan fingerprint density at radius 1 is 1.26 bits per heavy atom. The van der Waals surface area contributed by atoms with Crippen molar-refractivity contribution in [2.45, 2.75) is 32.9 Å². The highest BCUT2D eigenvalue weighted by atomic mass is 19.1. The molecular weight excluding hydrogens is 446 g/mol. The van der Waals surface area contributed by atoms with Gasteiger partial charge in [0, 0.05) is 13.1 Å². The third kappa shape index (κ3) is 4.73. The van der Waals surface area contributed by atoms with E-state index < -0.39 is 30.5 Å². The Hall–Kier alpha value is -3.89. The van der Waals surface area contributed by atoms with Crippen LogP contribution in [0.4, 0.5) is 19.4 Å². The first-order valence-corrected chi connectivity index (χ1v) is 10.9. The summed E-state index contributed by atoms with van der Waals surface area (Å²) in [4.78, 5) is 30.8. The zero-order chi connectivity index (χ0) is 24.2. The van der Waals surface area contributed by atoms with Gasteiger partial charge in [-0.05, 0) is 55.7 Å². The van der Waals surface area contributed by atoms with Crippen molar-refractivity contribution in [3.05, 3.63) is 59.2 Å². The maximum absolute atomic E-state index is 14.7. The number of carbonyl (C=O) groups excluding carboxylic acids is 2. The van der Waals surface area contributed by atoms with Crippen LogP contribution in [0.2, 0.25) is 0 Å². The molecule has 0 fully saturated rings. The molecule has 2 aromatic heterocycles. The summed E-state index contributed by atoms with van der Waals surface area (Å²) in [5, 5.41) is 10.4. The molecule has 1 N–H and O–H groups in total. The Bertz CT molecular complexity index is 1220. The standard InChI is InChI=1S/C23H24F2N6O3/c1-3-34-23(33)30-8-7-15-10-18(25)17(9-16(15)12-30)22(32)28-20-6-4-5-19(27-20)21-29-26-13-31(21)14(2)11-24/h4-6,9-10,13-14H,3,7-8,11-12H2,1-2H3,(H,27,28,32)/t14-/m1/s1. The van der Waals surface area contributed by atoms with Crippen LogP contribution in [0.5, 0.6) is 0 Å². The highest BCUT2D eigenvalue weighted by Crippen LogP contribution is 2.25. The lowest BCUT2D eigenvalue weighted by atomic mass is 9.97. The van der Waals surface area contributed by atoms with E-state index in [4.69, 9.17) is 4.74 Å². The monoisotopic (exact) mass is 470 g/mol. The lowest BCUT2D eigenvalue weighted by Gasteiger charge is -2.28. The number of fused-ring (bicyclic) bond motifs is 1. The van der Waals surface area contributed by atoms with Gasteiger partial charge in [0.2, 0.25) is 0 Å². The van der Waals surface area contributed by atoms with Crippen LogP contribution in [0.3, 0.4) is 0 Å². The lowest BCUT2D eigenvalue weighted by Crippen LogP contribution is -2.36. The van der Waals surface area contributed by atoms with Crippen LogP contribution in [0, 0.1) is 5.82 Å². The van der Waals surface area contributed by atoms with Crippen molar-refractivity contribution < 1.29 is 23.1 Å². The fraction of sp³-hybridized carbons (Fsp3) is 0.348. The van der Waals surface area contributed by atoms with E-state index in [1.165, 1.54) is 23.4 Å². The van der Waals surface area contributed by atoms with Gasteiger partial charge in [-0.3, -0.25) is 4.79 Å². The number of ether oxygens (including phenoxy) is 1. The molecule has 0 radical (unpaired) electrons. The molecule has 34 heavy (non-hydrogen) atoms. The van der Waals surface area contributed by atoms with Crippen molar-refractivity contribution in [2.75, 3.05) is 25.1 Å². The van der Waals surface area contributed by atoms with E-state index in [1.54, 1.807) is 36.6 Å². The maximum atomic E-state index is 14.7. The fourth-order valence-corrected chi connectivity index (χ4v) is 3.76. The molecule has 0 saturated heterocycles. The lowest BCUT2D eigenvalue weighted by molar-refractivity contribution is 0.102. The molecule has 178 valence electrons. The van der Waals surface area contributed by atoms with Crippen LogP contribution < -0.4 is 5.32 Å². The highest BCUT2D eigenvalue weighted by Gasteiger charge is 2.25. The summed E-state index contributed by atoms with van der Waals surface area (Å²) < 4.78 is 34.5. The van der Waals surface area contributed by atoms with Gasteiger partial charge in [0.15, 0.2) is 5.82 Å². The van der Waals surface area contributed by atoms with Gasteiger partial charge in [-0.1, -0.05) is 6.07 Å². The van der Waals surface area contributed by atoms with Gasteiger partial charge in [-0.15, -0.1) is 10.2 Å². The minimum atomic E-state index is -0.684. The van der Waals surface area contributed by atoms with Crippen molar-refractivity contribution in [3.63, 3.8) is 0 Å². The normalized spacial score (nSPS) is 13.8. The first kappa shape index (κ1) is 23.3. The number of nitrogens with zero attached hydrogens (tertiary/aromatic N) is 5. The van der Waals surface area contributed by atoms with Crippen molar-refractivity contribution in [1.29, 1.82) is 0 Å². The number of rotatable bonds is 6. The molecule has 3 heterocycles. The Balaban J connectivity index is 1.55. The van der Waals surface area contributed by atoms with E-state index in [-0.39, 0.29) is 24.5 Å². The molecule has 1 aliphatic rings. The molecule has 3 aromatic rings. The summed E-state index contributed by atoms with van der Waals surface area (Å²) in [5.41, 5.74) is 1.65. The summed E-state index contributed by atoms with van der Waals surface area (Å²) in [7, 11) is 0. The first-order chi connectivity index (χ1) is 16.4. The third-order valence-electron chi connectivity index (χ3n) is 5.56. The quantitative estimate of drug-likeness (QED) is 0.588. The zero-order valence-corrected chi connectivity index (χ0v) is 18.8. The average molecular weight is 470 g/mol. The number of nitrogens with one attached hydrogen (secondary N) is 1. The number of pyridine rings is 1. The van der Waals surface area contributed by atoms with E-state index in [1.807, 2.05) is 0 Å². The van der Waals surface area contributed by atoms with Gasteiger partial charge in [0.05, 0.1) is 18.2 Å². The number of hydrogen-bond acceptors (Lipinski definition) is 6. The van der Waals surface area contributed by atoms with Gasteiger partial charge in [0.25, 0.3) is 5.91 Å². The van der Waals surface area contributed by atoms with E-state index in [9.17, 15) is 18.4 Å². The van der Waals surface area contributed by atoms with Gasteiger partial charge in [-0.25, -0.2) is 18.6 Å². The van der Waals surface area contributed by atoms with Crippen LogP contribution >= 0.6 is 0 Å². The molecule has 0 spiro atoms. The number of aromatic nitrogens is 4. The first-order valence-electron chi connectivity index (χ1n) is 10.9. The molecule has 9 nitrogen and oxygen atoms in total. The molecule has 2 amide bonds. The number of halogens is 2. The predicted octanol–water partition coefficient (Wildman–Crippen LogP) is 3.78. The number of amides is 2. The van der Waals surface area contributed by atoms with Crippen molar-refractivity contribution in [2.24, 2.45) is 0 Å². The molecule has 0 unspecified atom stereocenters. The fourth-order valence-electron chi connectivity index (χ4n) is 3.76. The van der Waals surface area contributed by atoms with Crippen molar-refractivity contribution >= 4 is 17.8 Å². The van der Waals surface area contributed by atoms with E-state index in [0.717, 1.165) is 5.56 Å². The van der Waals surface area contributed by atoms with Gasteiger partial charge in [0.1, 0.15) is 30.3 Å². The summed E-state index contributed by atoms with van der Waals surface area (Å²) in [6.45, 7) is 3.70. The Labute approximate surface area is 194 Å². The summed E-state index contributed by atoms with van der Waals surface area (Å²) in [6.07, 6.45) is 1.43. The van der Waals surface area contributed by atoms with Crippen LogP contribution in [-0.2, 0) is 17.7 Å². The second-order valence-corrected chi connectivity index (χ2v) is 7.90. The highest BCUT2D eigenvalue weighted by molar-refractivity contribution is 6.04. The Morgan fingerprint density at radius 3 is 2.85 bits per heavy atom. The number of benzene rings is 1. The SMILES string of the molecule is CCOC(=O)N1CCc2cc(F)c(C(=O)Nc3cccc(-c4nncn4[C@H](C)CF)n3)cc2C1. The van der Waals surface area contributed by atoms with Gasteiger partial charge >= 0.3 is 6.09 Å². The number of alkyl halides is 1. The molecule has 0 aliphatic carbocycles. The molecule has 1 aliphatic heterocycles. The average Bonchev–Trinajstić information content (AvgIpc) is 3.33. The number of hydrogen-bond donors (Lipinski definition) is 1. The van der Waals surface area contributed by atoms with E-state index in [0.29, 0.717) is 30.0 Å². The Kier molecular flexibility index (Phi) is 6.80. The summed E-state index contributed by atoms with van der Waals surface area (Å²) in [6, 6.07) is 7.16. The molecule has 11 heteroatoms. The Morgan fingerprint density at radius 2 is 2.09 bits per heavy atom. The van der Waals surface area contributed by atoms with E-state index >= 15 is 0 Å². The number of carbonyl (C=O) groups is 2. The molecule has 1 atom stereocenters. The van der Waals surface area contributed by atoms with Crippen LogP contribution in [-0.4, -0.2) is 56.5 Å². The van der Waals surface area contributed by atoms with Crippen LogP contribution in [0.25, 0.3) is 11.5 Å². The topological polar surface area (TPSA) is 102 Å². The molecule has 0 saturated carbocycles. The van der Waals surface area contributed by atoms with Crippen molar-refractivity contribution in [1.82, 2.24) is 24.6 Å². The third-order valence-corrected chi connectivity index (χ3v) is 5.56. The summed E-state index contributed by atoms with van der Waals surface area (Å²) >= 11 is 0. The second-order valence-electron chi connectivity index (χ2n) is 7.90. The van der Waals surface area contributed by atoms with Crippen LogP contribution in [0.15, 0.2) is 36.7 Å². The van der Waals surface area contributed by atoms with E-state index in [2.05, 4.69) is 20.5 Å². The minimum absolute atomic E-state index is 0.161. The maximum Gasteiger partial charge on any atom is 0.410 e. The number of anilines is 1. The second kappa shape index (κ2) is 9.94. The van der Waals surface area contributed by atoms with Gasteiger partial charge < -0.3 is 19.5 Å². The molecule has 1 aromatic carbocycles.